The van der Waals surface area contributed by atoms with E-state index in [4.69, 9.17) is 16.3 Å². The quantitative estimate of drug-likeness (QED) is 0.472. The lowest BCUT2D eigenvalue weighted by Crippen LogP contribution is -2.17. The molecular formula is C19H17ClN4O4. The standard InChI is InChI=1S/C19H17ClN4O4/c1-3-23-18(6-7-21-23)19(25)22-13-9-14(24(26)27)11-16(10-13)28-15-4-5-17(20)12(2)8-15/h4-11H,3H2,1-2H3,(H,22,25). The zero-order valence-corrected chi connectivity index (χ0v) is 15.9. The van der Waals surface area contributed by atoms with Gasteiger partial charge in [-0.2, -0.15) is 5.10 Å². The highest BCUT2D eigenvalue weighted by molar-refractivity contribution is 6.31. The molecule has 0 bridgehead atoms. The van der Waals surface area contributed by atoms with Crippen molar-refractivity contribution in [3.63, 3.8) is 0 Å². The van der Waals surface area contributed by atoms with Crippen LogP contribution in [-0.4, -0.2) is 20.6 Å². The monoisotopic (exact) mass is 400 g/mol. The van der Waals surface area contributed by atoms with Gasteiger partial charge >= 0.3 is 0 Å². The number of amides is 1. The molecule has 28 heavy (non-hydrogen) atoms. The van der Waals surface area contributed by atoms with Crippen molar-refractivity contribution >= 4 is 28.9 Å². The SMILES string of the molecule is CCn1nccc1C(=O)Nc1cc(Oc2ccc(Cl)c(C)c2)cc([N+](=O)[O-])c1. The third-order valence-electron chi connectivity index (χ3n) is 3.97. The minimum atomic E-state index is -0.550. The van der Waals surface area contributed by atoms with Crippen molar-refractivity contribution < 1.29 is 14.5 Å². The lowest BCUT2D eigenvalue weighted by molar-refractivity contribution is -0.384. The molecule has 0 aliphatic rings. The molecule has 3 rings (SSSR count). The maximum Gasteiger partial charge on any atom is 0.275 e. The van der Waals surface area contributed by atoms with Crippen molar-refractivity contribution in [2.24, 2.45) is 0 Å². The minimum absolute atomic E-state index is 0.206. The predicted octanol–water partition coefficient (Wildman–Crippen LogP) is 4.82. The molecule has 0 aliphatic heterocycles. The molecule has 144 valence electrons. The Morgan fingerprint density at radius 2 is 2.04 bits per heavy atom. The molecule has 0 spiro atoms. The van der Waals surface area contributed by atoms with Gasteiger partial charge in [0.05, 0.1) is 16.7 Å². The third-order valence-corrected chi connectivity index (χ3v) is 4.40. The Balaban J connectivity index is 1.90. The Bertz CT molecular complexity index is 1050. The lowest BCUT2D eigenvalue weighted by Gasteiger charge is -2.11. The highest BCUT2D eigenvalue weighted by atomic mass is 35.5. The summed E-state index contributed by atoms with van der Waals surface area (Å²) in [5, 5.41) is 18.6. The van der Waals surface area contributed by atoms with Gasteiger partial charge in [0.2, 0.25) is 0 Å². The molecule has 1 heterocycles. The largest absolute Gasteiger partial charge is 0.457 e. The Morgan fingerprint density at radius 3 is 2.71 bits per heavy atom. The van der Waals surface area contributed by atoms with Crippen LogP contribution in [0, 0.1) is 17.0 Å². The van der Waals surface area contributed by atoms with Crippen molar-refractivity contribution in [3.05, 3.63) is 75.1 Å². The number of halogens is 1. The molecular weight excluding hydrogens is 384 g/mol. The van der Waals surface area contributed by atoms with Crippen LogP contribution < -0.4 is 10.1 Å². The van der Waals surface area contributed by atoms with Crippen LogP contribution in [0.15, 0.2) is 48.7 Å². The van der Waals surface area contributed by atoms with Gasteiger partial charge in [0.25, 0.3) is 11.6 Å². The molecule has 0 radical (unpaired) electrons. The van der Waals surface area contributed by atoms with Crippen LogP contribution >= 0.6 is 11.6 Å². The van der Waals surface area contributed by atoms with Gasteiger partial charge in [0.15, 0.2) is 0 Å². The maximum atomic E-state index is 12.5. The van der Waals surface area contributed by atoms with Crippen molar-refractivity contribution in [1.29, 1.82) is 0 Å². The summed E-state index contributed by atoms with van der Waals surface area (Å²) < 4.78 is 7.26. The zero-order chi connectivity index (χ0) is 20.3. The number of carbonyl (C=O) groups is 1. The summed E-state index contributed by atoms with van der Waals surface area (Å²) >= 11 is 6.01. The van der Waals surface area contributed by atoms with E-state index in [-0.39, 0.29) is 17.1 Å². The van der Waals surface area contributed by atoms with Crippen LogP contribution in [0.4, 0.5) is 11.4 Å². The van der Waals surface area contributed by atoms with Gasteiger partial charge in [0.1, 0.15) is 17.2 Å². The van der Waals surface area contributed by atoms with E-state index in [0.717, 1.165) is 5.56 Å². The first-order valence-corrected chi connectivity index (χ1v) is 8.82. The van der Waals surface area contributed by atoms with Crippen LogP contribution in [0.1, 0.15) is 23.0 Å². The summed E-state index contributed by atoms with van der Waals surface area (Å²) in [6.07, 6.45) is 1.52. The fourth-order valence-electron chi connectivity index (χ4n) is 2.61. The Hall–Kier alpha value is -3.39. The second-order valence-corrected chi connectivity index (χ2v) is 6.38. The highest BCUT2D eigenvalue weighted by Gasteiger charge is 2.16. The van der Waals surface area contributed by atoms with Crippen LogP contribution in [0.2, 0.25) is 5.02 Å². The molecule has 2 aromatic carbocycles. The minimum Gasteiger partial charge on any atom is -0.457 e. The number of non-ortho nitro benzene ring substituents is 1. The van der Waals surface area contributed by atoms with Crippen LogP contribution in [0.25, 0.3) is 0 Å². The van der Waals surface area contributed by atoms with Crippen LogP contribution in [0.3, 0.4) is 0 Å². The van der Waals surface area contributed by atoms with E-state index < -0.39 is 10.8 Å². The van der Waals surface area contributed by atoms with Gasteiger partial charge in [-0.15, -0.1) is 0 Å². The average molecular weight is 401 g/mol. The summed E-state index contributed by atoms with van der Waals surface area (Å²) in [6, 6.07) is 10.7. The number of aryl methyl sites for hydroxylation is 2. The Kier molecular flexibility index (Phi) is 5.60. The highest BCUT2D eigenvalue weighted by Crippen LogP contribution is 2.31. The maximum absolute atomic E-state index is 12.5. The van der Waals surface area contributed by atoms with Crippen molar-refractivity contribution in [3.8, 4) is 11.5 Å². The third kappa shape index (κ3) is 4.29. The number of carbonyl (C=O) groups excluding carboxylic acids is 1. The number of anilines is 1. The number of nitro benzene ring substituents is 1. The first-order chi connectivity index (χ1) is 13.4. The molecule has 3 aromatic rings. The second kappa shape index (κ2) is 8.10. The summed E-state index contributed by atoms with van der Waals surface area (Å²) in [7, 11) is 0. The molecule has 0 atom stereocenters. The van der Waals surface area contributed by atoms with Crippen LogP contribution in [0.5, 0.6) is 11.5 Å². The van der Waals surface area contributed by atoms with Crippen LogP contribution in [-0.2, 0) is 6.54 Å². The van der Waals surface area contributed by atoms with E-state index in [0.29, 0.717) is 23.0 Å². The van der Waals surface area contributed by atoms with Gasteiger partial charge in [0, 0.05) is 29.9 Å². The van der Waals surface area contributed by atoms with E-state index in [1.807, 2.05) is 13.8 Å². The number of hydrogen-bond donors (Lipinski definition) is 1. The Morgan fingerprint density at radius 1 is 1.25 bits per heavy atom. The first-order valence-electron chi connectivity index (χ1n) is 8.44. The van der Waals surface area contributed by atoms with Crippen molar-refractivity contribution in [2.45, 2.75) is 20.4 Å². The molecule has 0 fully saturated rings. The number of ether oxygens (including phenoxy) is 1. The molecule has 8 nitrogen and oxygen atoms in total. The molecule has 0 unspecified atom stereocenters. The Labute approximate surface area is 165 Å². The van der Waals surface area contributed by atoms with Gasteiger partial charge in [-0.25, -0.2) is 0 Å². The molecule has 0 saturated carbocycles. The van der Waals surface area contributed by atoms with Gasteiger partial charge in [-0.05, 0) is 43.7 Å². The summed E-state index contributed by atoms with van der Waals surface area (Å²) in [5.41, 5.74) is 1.20. The van der Waals surface area contributed by atoms with Crippen molar-refractivity contribution in [1.82, 2.24) is 9.78 Å². The number of nitrogens with zero attached hydrogens (tertiary/aromatic N) is 3. The molecule has 1 N–H and O–H groups in total. The van der Waals surface area contributed by atoms with Crippen molar-refractivity contribution in [2.75, 3.05) is 5.32 Å². The molecule has 9 heteroatoms. The number of nitrogens with one attached hydrogen (secondary N) is 1. The number of aromatic nitrogens is 2. The molecule has 1 aromatic heterocycles. The predicted molar refractivity (Wildman–Crippen MR) is 105 cm³/mol. The zero-order valence-electron chi connectivity index (χ0n) is 15.2. The second-order valence-electron chi connectivity index (χ2n) is 5.97. The fourth-order valence-corrected chi connectivity index (χ4v) is 2.73. The molecule has 0 aliphatic carbocycles. The van der Waals surface area contributed by atoms with Gasteiger partial charge in [-0.1, -0.05) is 11.6 Å². The van der Waals surface area contributed by atoms with E-state index in [1.165, 1.54) is 29.1 Å². The number of benzene rings is 2. The van der Waals surface area contributed by atoms with Gasteiger partial charge < -0.3 is 10.1 Å². The van der Waals surface area contributed by atoms with E-state index in [2.05, 4.69) is 10.4 Å². The summed E-state index contributed by atoms with van der Waals surface area (Å²) in [4.78, 5) is 23.2. The first kappa shape index (κ1) is 19.4. The number of rotatable bonds is 6. The number of hydrogen-bond acceptors (Lipinski definition) is 5. The smallest absolute Gasteiger partial charge is 0.275 e. The fraction of sp³-hybridized carbons (Fsp3) is 0.158. The van der Waals surface area contributed by atoms with E-state index in [9.17, 15) is 14.9 Å². The summed E-state index contributed by atoms with van der Waals surface area (Å²) in [6.45, 7) is 4.21. The average Bonchev–Trinajstić information content (AvgIpc) is 3.13. The normalized spacial score (nSPS) is 10.5. The molecule has 1 amide bonds. The number of nitro groups is 1. The topological polar surface area (TPSA) is 99.3 Å². The summed E-state index contributed by atoms with van der Waals surface area (Å²) in [5.74, 6) is 0.270. The van der Waals surface area contributed by atoms with E-state index >= 15 is 0 Å². The lowest BCUT2D eigenvalue weighted by atomic mass is 10.2. The van der Waals surface area contributed by atoms with E-state index in [1.54, 1.807) is 24.3 Å². The molecule has 0 saturated heterocycles. The van der Waals surface area contributed by atoms with Gasteiger partial charge in [-0.3, -0.25) is 19.6 Å².